The molecule has 0 radical (unpaired) electrons. The lowest BCUT2D eigenvalue weighted by molar-refractivity contribution is -0.161. The Morgan fingerprint density at radius 1 is 0.312 bits per heavy atom. The number of allylic oxidation sites excluding steroid dienone is 22. The maximum Gasteiger partial charge on any atom is 0.472 e. The Labute approximate surface area is 563 Å². The molecule has 0 aliphatic carbocycles. The monoisotopic (exact) mass is 1340 g/mol. The van der Waals surface area contributed by atoms with Gasteiger partial charge in [0.05, 0.1) is 26.4 Å². The first-order valence-electron chi connectivity index (χ1n) is 35.5. The van der Waals surface area contributed by atoms with Gasteiger partial charge in [-0.05, 0) is 128 Å². The van der Waals surface area contributed by atoms with Crippen molar-refractivity contribution >= 4 is 33.6 Å². The second-order valence-corrected chi connectivity index (χ2v) is 26.2. The van der Waals surface area contributed by atoms with Crippen LogP contribution in [-0.4, -0.2) is 95.9 Å². The number of unbranched alkanes of at least 4 members (excludes halogenated alkanes) is 21. The first-order valence-corrected chi connectivity index (χ1v) is 38.5. The van der Waals surface area contributed by atoms with E-state index < -0.39 is 91.5 Å². The summed E-state index contributed by atoms with van der Waals surface area (Å²) >= 11 is 0. The molecule has 5 atom stereocenters. The third kappa shape index (κ3) is 68.9. The second-order valence-electron chi connectivity index (χ2n) is 23.3. The molecular formula is C75H126O16P2. The molecule has 0 spiro atoms. The minimum Gasteiger partial charge on any atom is -0.463 e. The number of ether oxygens (including phenoxy) is 3. The van der Waals surface area contributed by atoms with Gasteiger partial charge in [-0.1, -0.05) is 251 Å². The molecule has 0 aromatic rings. The Morgan fingerprint density at radius 3 is 1.00 bits per heavy atom. The summed E-state index contributed by atoms with van der Waals surface area (Å²) in [6.07, 6.45) is 79.4. The van der Waals surface area contributed by atoms with E-state index in [0.717, 1.165) is 135 Å². The summed E-state index contributed by atoms with van der Waals surface area (Å²) in [7, 11) is -9.81. The SMILES string of the molecule is CC/C=C\C/C=C\C/C=C\C/C=C\C/C=C\C/C=C\CCC(=O)OCC(COP(=O)(O)OCC(O)COP(=O)(O)OCC(O)COC(=O)CCCCCCCCC/C=C\C/C=C\C/C=C\C/C=C\CCCCC)OC(=O)CCCCCCC/C=C\CCCCCCCC. The Hall–Kier alpha value is -4.31. The van der Waals surface area contributed by atoms with Crippen molar-refractivity contribution in [2.75, 3.05) is 39.6 Å². The number of phosphoric ester groups is 2. The number of carbonyl (C=O) groups is 3. The number of carbonyl (C=O) groups excluding carboxylic acids is 3. The summed E-state index contributed by atoms with van der Waals surface area (Å²) in [4.78, 5) is 58.4. The highest BCUT2D eigenvalue weighted by Gasteiger charge is 2.29. The number of hydrogen-bond donors (Lipinski definition) is 4. The van der Waals surface area contributed by atoms with Crippen molar-refractivity contribution in [3.63, 3.8) is 0 Å². The molecule has 0 aromatic heterocycles. The molecule has 0 saturated heterocycles. The van der Waals surface area contributed by atoms with Gasteiger partial charge >= 0.3 is 33.6 Å². The van der Waals surface area contributed by atoms with Crippen LogP contribution in [0.5, 0.6) is 0 Å². The highest BCUT2D eigenvalue weighted by molar-refractivity contribution is 7.47. The number of esters is 3. The van der Waals surface area contributed by atoms with Gasteiger partial charge in [-0.2, -0.15) is 0 Å². The fourth-order valence-corrected chi connectivity index (χ4v) is 10.5. The molecule has 93 heavy (non-hydrogen) atoms. The largest absolute Gasteiger partial charge is 0.472 e. The van der Waals surface area contributed by atoms with Gasteiger partial charge in [0.15, 0.2) is 6.10 Å². The summed E-state index contributed by atoms with van der Waals surface area (Å²) in [6.45, 7) is 2.40. The van der Waals surface area contributed by atoms with Gasteiger partial charge in [0, 0.05) is 19.3 Å². The molecule has 0 aliphatic heterocycles. The van der Waals surface area contributed by atoms with E-state index in [2.05, 4.69) is 136 Å². The van der Waals surface area contributed by atoms with Gasteiger partial charge in [-0.3, -0.25) is 32.5 Å². The van der Waals surface area contributed by atoms with Gasteiger partial charge in [0.25, 0.3) is 0 Å². The van der Waals surface area contributed by atoms with E-state index in [1.807, 2.05) is 18.2 Å². The number of rotatable bonds is 66. The molecule has 5 unspecified atom stereocenters. The maximum atomic E-state index is 12.9. The Kier molecular flexibility index (Phi) is 64.5. The van der Waals surface area contributed by atoms with Crippen LogP contribution in [0.3, 0.4) is 0 Å². The van der Waals surface area contributed by atoms with Crippen molar-refractivity contribution in [1.29, 1.82) is 0 Å². The Bertz CT molecular complexity index is 2230. The molecule has 16 nitrogen and oxygen atoms in total. The molecule has 0 aromatic carbocycles. The lowest BCUT2D eigenvalue weighted by Crippen LogP contribution is -2.30. The van der Waals surface area contributed by atoms with Crippen LogP contribution in [0.1, 0.15) is 265 Å². The highest BCUT2D eigenvalue weighted by Crippen LogP contribution is 2.45. The number of aliphatic hydroxyl groups is 2. The minimum atomic E-state index is -4.95. The van der Waals surface area contributed by atoms with Crippen molar-refractivity contribution < 1.29 is 75.8 Å². The minimum absolute atomic E-state index is 0.0400. The van der Waals surface area contributed by atoms with Crippen molar-refractivity contribution in [1.82, 2.24) is 0 Å². The molecule has 18 heteroatoms. The topological polar surface area (TPSA) is 231 Å². The number of phosphoric acid groups is 2. The van der Waals surface area contributed by atoms with Crippen molar-refractivity contribution in [2.45, 2.75) is 283 Å². The van der Waals surface area contributed by atoms with E-state index in [0.29, 0.717) is 25.7 Å². The molecular weight excluding hydrogens is 1220 g/mol. The second kappa shape index (κ2) is 67.7. The zero-order valence-electron chi connectivity index (χ0n) is 57.6. The van der Waals surface area contributed by atoms with E-state index >= 15 is 0 Å². The van der Waals surface area contributed by atoms with Gasteiger partial charge in [-0.25, -0.2) is 9.13 Å². The van der Waals surface area contributed by atoms with Gasteiger partial charge < -0.3 is 34.2 Å². The Morgan fingerprint density at radius 2 is 0.591 bits per heavy atom. The molecule has 0 aliphatic rings. The van der Waals surface area contributed by atoms with Gasteiger partial charge in [0.2, 0.25) is 0 Å². The number of aliphatic hydroxyl groups excluding tert-OH is 2. The van der Waals surface area contributed by atoms with Crippen LogP contribution >= 0.6 is 15.6 Å². The standard InChI is InChI=1S/C75H126O16P2/c1-4-7-10-13-16-19-22-25-28-30-32-33-34-35-37-39-41-43-46-49-52-55-58-61-73(78)85-64-70(76)65-87-92(81,82)88-66-71(77)67-89-93(83,84)90-69-72(91-75(80)63-60-57-54-51-48-45-40-27-24-21-18-15-12-9-6-3)68-86-74(79)62-59-56-53-50-47-44-42-38-36-31-29-26-23-20-17-14-11-8-5-2/h8,11,16-17,19-20,25-29,32-33,35-38,40,44,47,53,56,70-72,76-77H,4-7,9-10,12-15,18,21-24,30-31,34,39,41-43,45-46,48-52,54-55,57-69H2,1-3H3,(H,81,82)(H,83,84)/b11-8-,19-16-,20-17-,28-25-,29-26-,33-32-,37-35-,38-36-,40-27-,47-44-,56-53-. The predicted octanol–water partition coefficient (Wildman–Crippen LogP) is 20.0. The van der Waals surface area contributed by atoms with Gasteiger partial charge in [0.1, 0.15) is 25.4 Å². The molecule has 0 fully saturated rings. The fourth-order valence-electron chi connectivity index (χ4n) is 8.93. The van der Waals surface area contributed by atoms with E-state index in [1.54, 1.807) is 0 Å². The predicted molar refractivity (Wildman–Crippen MR) is 380 cm³/mol. The molecule has 0 rings (SSSR count). The third-order valence-corrected chi connectivity index (χ3v) is 16.2. The smallest absolute Gasteiger partial charge is 0.463 e. The maximum absolute atomic E-state index is 12.9. The van der Waals surface area contributed by atoms with Crippen LogP contribution in [0.4, 0.5) is 0 Å². The average molecular weight is 1350 g/mol. The highest BCUT2D eigenvalue weighted by atomic mass is 31.2. The van der Waals surface area contributed by atoms with Crippen LogP contribution in [0, 0.1) is 0 Å². The lowest BCUT2D eigenvalue weighted by Gasteiger charge is -2.21. The molecule has 0 amide bonds. The van der Waals surface area contributed by atoms with Crippen LogP contribution in [0.15, 0.2) is 134 Å². The first kappa shape index (κ1) is 88.7. The average Bonchev–Trinajstić information content (AvgIpc) is 3.19. The fraction of sp³-hybridized carbons (Fsp3) is 0.667. The summed E-state index contributed by atoms with van der Waals surface area (Å²) in [6, 6.07) is 0. The van der Waals surface area contributed by atoms with Crippen LogP contribution in [0.25, 0.3) is 0 Å². The van der Waals surface area contributed by atoms with Crippen molar-refractivity contribution in [2.24, 2.45) is 0 Å². The van der Waals surface area contributed by atoms with Crippen LogP contribution < -0.4 is 0 Å². The van der Waals surface area contributed by atoms with Crippen LogP contribution in [0.2, 0.25) is 0 Å². The van der Waals surface area contributed by atoms with E-state index in [9.17, 15) is 43.5 Å². The zero-order chi connectivity index (χ0) is 68.1. The van der Waals surface area contributed by atoms with E-state index in [1.165, 1.54) is 64.2 Å². The zero-order valence-corrected chi connectivity index (χ0v) is 59.4. The summed E-state index contributed by atoms with van der Waals surface area (Å²) in [5.74, 6) is -1.70. The third-order valence-electron chi connectivity index (χ3n) is 14.3. The van der Waals surface area contributed by atoms with Crippen molar-refractivity contribution in [3.05, 3.63) is 134 Å². The van der Waals surface area contributed by atoms with Crippen molar-refractivity contribution in [3.8, 4) is 0 Å². The first-order chi connectivity index (χ1) is 45.2. The molecule has 532 valence electrons. The number of hydrogen-bond acceptors (Lipinski definition) is 14. The normalized spacial score (nSPS) is 15.0. The molecule has 4 N–H and O–H groups in total. The quantitative estimate of drug-likeness (QED) is 0.0146. The summed E-state index contributed by atoms with van der Waals surface area (Å²) in [5.41, 5.74) is 0. The van der Waals surface area contributed by atoms with E-state index in [4.69, 9.17) is 32.3 Å². The molecule has 0 saturated carbocycles. The summed E-state index contributed by atoms with van der Waals surface area (Å²) in [5, 5.41) is 20.6. The summed E-state index contributed by atoms with van der Waals surface area (Å²) < 4.78 is 60.8. The Balaban J connectivity index is 4.71. The molecule has 0 bridgehead atoms. The molecule has 0 heterocycles. The lowest BCUT2D eigenvalue weighted by atomic mass is 10.1. The van der Waals surface area contributed by atoms with Crippen LogP contribution in [-0.2, 0) is 55.8 Å². The van der Waals surface area contributed by atoms with E-state index in [-0.39, 0.29) is 19.3 Å². The van der Waals surface area contributed by atoms with Gasteiger partial charge in [-0.15, -0.1) is 0 Å².